The molecule has 0 fully saturated rings. The van der Waals surface area contributed by atoms with Crippen LogP contribution in [0.4, 0.5) is 0 Å². The van der Waals surface area contributed by atoms with Gasteiger partial charge >= 0.3 is 0 Å². The smallest absolute Gasteiger partial charge is 0.125 e. The van der Waals surface area contributed by atoms with Crippen LogP contribution >= 0.6 is 0 Å². The molecule has 0 spiro atoms. The fourth-order valence-electron chi connectivity index (χ4n) is 1.19. The number of hydrogen-bond donors (Lipinski definition) is 0. The molecular weight excluding hydrogens is 148 g/mol. The molecule has 0 heterocycles. The lowest BCUT2D eigenvalue weighted by molar-refractivity contribution is 0.264. The Morgan fingerprint density at radius 3 is 2.17 bits per heavy atom. The molecule has 0 saturated heterocycles. The maximum Gasteiger partial charge on any atom is 0.125 e. The van der Waals surface area contributed by atoms with Crippen LogP contribution in [-0.2, 0) is 0 Å². The highest BCUT2D eigenvalue weighted by Gasteiger charge is 2.03. The summed E-state index contributed by atoms with van der Waals surface area (Å²) >= 11 is 0. The Morgan fingerprint density at radius 1 is 1.25 bits per heavy atom. The molecule has 0 bridgehead atoms. The molecule has 0 aliphatic rings. The van der Waals surface area contributed by atoms with Crippen LogP contribution in [-0.4, -0.2) is 6.10 Å². The predicted molar refractivity (Wildman–Crippen MR) is 51.4 cm³/mol. The Bertz CT molecular complexity index is 243. The molecule has 1 radical (unpaired) electrons. The van der Waals surface area contributed by atoms with Gasteiger partial charge in [-0.3, -0.25) is 0 Å². The van der Waals surface area contributed by atoms with E-state index in [2.05, 4.69) is 6.92 Å². The lowest BCUT2D eigenvalue weighted by Gasteiger charge is -2.14. The first kappa shape index (κ1) is 9.11. The number of ether oxygens (including phenoxy) is 1. The fourth-order valence-corrected chi connectivity index (χ4v) is 1.19. The largest absolute Gasteiger partial charge is 0.490 e. The van der Waals surface area contributed by atoms with Crippen LogP contribution in [0.25, 0.3) is 0 Å². The van der Waals surface area contributed by atoms with E-state index >= 15 is 0 Å². The first-order chi connectivity index (χ1) is 5.61. The predicted octanol–water partition coefficient (Wildman–Crippen LogP) is 2.90. The summed E-state index contributed by atoms with van der Waals surface area (Å²) in [5, 5.41) is 0. The van der Waals surface area contributed by atoms with Crippen LogP contribution < -0.4 is 4.74 Å². The minimum absolute atomic E-state index is 0.00444. The van der Waals surface area contributed by atoms with Gasteiger partial charge in [0.25, 0.3) is 0 Å². The molecule has 0 N–H and O–H groups in total. The van der Waals surface area contributed by atoms with Gasteiger partial charge in [-0.15, -0.1) is 0 Å². The van der Waals surface area contributed by atoms with E-state index in [1.54, 1.807) is 0 Å². The second kappa shape index (κ2) is 3.61. The number of aryl methyl sites for hydroxylation is 2. The molecule has 1 atom stereocenters. The molecule has 1 heteroatoms. The first-order valence-electron chi connectivity index (χ1n) is 4.17. The van der Waals surface area contributed by atoms with Crippen molar-refractivity contribution >= 4 is 0 Å². The van der Waals surface area contributed by atoms with Crippen molar-refractivity contribution in [2.45, 2.75) is 26.9 Å². The van der Waals surface area contributed by atoms with E-state index in [4.69, 9.17) is 4.74 Å². The summed E-state index contributed by atoms with van der Waals surface area (Å²) in [6, 6.07) is 6.13. The van der Waals surface area contributed by atoms with E-state index in [0.29, 0.717) is 0 Å². The van der Waals surface area contributed by atoms with Crippen molar-refractivity contribution in [3.05, 3.63) is 36.2 Å². The van der Waals surface area contributed by atoms with Gasteiger partial charge in [-0.25, -0.2) is 0 Å². The van der Waals surface area contributed by atoms with Crippen LogP contribution in [0.2, 0.25) is 0 Å². The number of hydrogen-bond acceptors (Lipinski definition) is 1. The van der Waals surface area contributed by atoms with E-state index < -0.39 is 0 Å². The van der Waals surface area contributed by atoms with E-state index in [1.807, 2.05) is 39.0 Å². The zero-order chi connectivity index (χ0) is 9.14. The van der Waals surface area contributed by atoms with Crippen LogP contribution in [0, 0.1) is 20.8 Å². The zero-order valence-electron chi connectivity index (χ0n) is 7.92. The third-order valence-electron chi connectivity index (χ3n) is 1.73. The van der Waals surface area contributed by atoms with Crippen molar-refractivity contribution in [3.63, 3.8) is 0 Å². The molecule has 0 unspecified atom stereocenters. The molecule has 0 amide bonds. The second-order valence-electron chi connectivity index (χ2n) is 3.15. The molecular formula is C11H15O. The number of benzene rings is 1. The second-order valence-corrected chi connectivity index (χ2v) is 3.15. The topological polar surface area (TPSA) is 9.23 Å². The Hall–Kier alpha value is -0.980. The molecule has 65 valence electrons. The quantitative estimate of drug-likeness (QED) is 0.651. The van der Waals surface area contributed by atoms with E-state index in [9.17, 15) is 0 Å². The molecule has 0 aliphatic carbocycles. The third kappa shape index (κ3) is 2.00. The lowest BCUT2D eigenvalue weighted by atomic mass is 10.1. The van der Waals surface area contributed by atoms with E-state index in [1.165, 1.54) is 11.1 Å². The number of para-hydroxylation sites is 1. The third-order valence-corrected chi connectivity index (χ3v) is 1.73. The van der Waals surface area contributed by atoms with Crippen molar-refractivity contribution in [1.82, 2.24) is 0 Å². The van der Waals surface area contributed by atoms with Crippen molar-refractivity contribution < 1.29 is 4.74 Å². The Kier molecular flexibility index (Phi) is 2.74. The maximum absolute atomic E-state index is 5.56. The highest BCUT2D eigenvalue weighted by atomic mass is 16.5. The zero-order valence-corrected chi connectivity index (χ0v) is 7.92. The molecule has 1 nitrogen and oxygen atoms in total. The fraction of sp³-hybridized carbons (Fsp3) is 0.364. The van der Waals surface area contributed by atoms with E-state index in [0.717, 1.165) is 5.75 Å². The molecule has 1 aromatic carbocycles. The van der Waals surface area contributed by atoms with Gasteiger partial charge < -0.3 is 4.74 Å². The highest BCUT2D eigenvalue weighted by molar-refractivity contribution is 5.39. The molecule has 0 aliphatic heterocycles. The summed E-state index contributed by atoms with van der Waals surface area (Å²) in [5.74, 6) is 0.972. The molecule has 1 aromatic rings. The van der Waals surface area contributed by atoms with Crippen molar-refractivity contribution in [2.24, 2.45) is 0 Å². The molecule has 0 saturated carbocycles. The number of rotatable bonds is 2. The average Bonchev–Trinajstić information content (AvgIpc) is 1.97. The van der Waals surface area contributed by atoms with Gasteiger partial charge in [-0.2, -0.15) is 0 Å². The van der Waals surface area contributed by atoms with Gasteiger partial charge in [-0.05, 0) is 38.8 Å². The SMILES string of the molecule is [CH2][C@@H](C)Oc1c(C)cccc1C. The van der Waals surface area contributed by atoms with Crippen LogP contribution in [0.3, 0.4) is 0 Å². The van der Waals surface area contributed by atoms with Crippen molar-refractivity contribution in [3.8, 4) is 5.75 Å². The summed E-state index contributed by atoms with van der Waals surface area (Å²) < 4.78 is 5.56. The van der Waals surface area contributed by atoms with Crippen LogP contribution in [0.15, 0.2) is 18.2 Å². The summed E-state index contributed by atoms with van der Waals surface area (Å²) in [6.07, 6.45) is 0.00444. The van der Waals surface area contributed by atoms with Crippen LogP contribution in [0.5, 0.6) is 5.75 Å². The minimum Gasteiger partial charge on any atom is -0.490 e. The van der Waals surface area contributed by atoms with Gasteiger partial charge in [0.1, 0.15) is 5.75 Å². The Labute approximate surface area is 74.4 Å². The van der Waals surface area contributed by atoms with Gasteiger partial charge in [0.15, 0.2) is 0 Å². The van der Waals surface area contributed by atoms with Gasteiger partial charge in [-0.1, -0.05) is 18.2 Å². The summed E-state index contributed by atoms with van der Waals surface area (Å²) in [5.41, 5.74) is 2.34. The monoisotopic (exact) mass is 163 g/mol. The van der Waals surface area contributed by atoms with Gasteiger partial charge in [0, 0.05) is 0 Å². The van der Waals surface area contributed by atoms with E-state index in [-0.39, 0.29) is 6.10 Å². The standard InChI is InChI=1S/C11H15O/c1-8(2)12-11-9(3)6-5-7-10(11)4/h5-8H,1H2,2-4H3/t8-/m0/s1. The van der Waals surface area contributed by atoms with Crippen LogP contribution in [0.1, 0.15) is 18.1 Å². The average molecular weight is 163 g/mol. The molecule has 1 rings (SSSR count). The Balaban J connectivity index is 2.96. The summed E-state index contributed by atoms with van der Waals surface area (Å²) in [7, 11) is 0. The first-order valence-corrected chi connectivity index (χ1v) is 4.17. The lowest BCUT2D eigenvalue weighted by Crippen LogP contribution is -2.08. The van der Waals surface area contributed by atoms with Gasteiger partial charge in [0.2, 0.25) is 0 Å². The van der Waals surface area contributed by atoms with Crippen molar-refractivity contribution in [2.75, 3.05) is 0 Å². The summed E-state index contributed by atoms with van der Waals surface area (Å²) in [4.78, 5) is 0. The normalized spacial score (nSPS) is 10.4. The maximum atomic E-state index is 5.56. The minimum atomic E-state index is 0.00444. The van der Waals surface area contributed by atoms with Crippen molar-refractivity contribution in [1.29, 1.82) is 0 Å². The summed E-state index contributed by atoms with van der Waals surface area (Å²) in [6.45, 7) is 9.82. The van der Waals surface area contributed by atoms with Gasteiger partial charge in [0.05, 0.1) is 6.10 Å². The molecule has 0 aromatic heterocycles. The Morgan fingerprint density at radius 2 is 1.75 bits per heavy atom. The highest BCUT2D eigenvalue weighted by Crippen LogP contribution is 2.23. The molecule has 12 heavy (non-hydrogen) atoms.